The monoisotopic (exact) mass is 964 g/mol. The van der Waals surface area contributed by atoms with E-state index in [1.165, 1.54) is 122 Å². The first kappa shape index (κ1) is 44.9. The highest BCUT2D eigenvalue weighted by molar-refractivity contribution is 6.09. The minimum Gasteiger partial charge on any atom is -0.484 e. The molecule has 1 aliphatic heterocycles. The summed E-state index contributed by atoms with van der Waals surface area (Å²) in [4.78, 5) is 0. The number of hydrogen-bond donors (Lipinski definition) is 0. The predicted octanol–water partition coefficient (Wildman–Crippen LogP) is 19.0. The maximum absolute atomic E-state index is 6.57. The van der Waals surface area contributed by atoms with Gasteiger partial charge in [0, 0.05) is 44.9 Å². The average Bonchev–Trinajstić information content (AvgIpc) is 4.22. The van der Waals surface area contributed by atoms with Crippen molar-refractivity contribution in [1.82, 2.24) is 0 Å². The Morgan fingerprint density at radius 3 is 1.71 bits per heavy atom. The van der Waals surface area contributed by atoms with Crippen molar-refractivity contribution in [2.75, 3.05) is 0 Å². The van der Waals surface area contributed by atoms with Crippen LogP contribution in [0.25, 0.3) is 83.1 Å². The molecular formula is C73H56O2. The second-order valence-corrected chi connectivity index (χ2v) is 21.6. The molecule has 11 aromatic rings. The van der Waals surface area contributed by atoms with Gasteiger partial charge >= 0.3 is 0 Å². The number of furan rings is 1. The van der Waals surface area contributed by atoms with Crippen LogP contribution in [-0.2, 0) is 10.8 Å². The predicted molar refractivity (Wildman–Crippen MR) is 312 cm³/mol. The van der Waals surface area contributed by atoms with Crippen LogP contribution in [-0.4, -0.2) is 6.10 Å². The van der Waals surface area contributed by atoms with Crippen molar-refractivity contribution in [3.8, 4) is 61.4 Å². The number of para-hydroxylation sites is 3. The van der Waals surface area contributed by atoms with E-state index in [1.54, 1.807) is 0 Å². The molecular weight excluding hydrogens is 909 g/mol. The number of aryl methyl sites for hydroxylation is 3. The van der Waals surface area contributed by atoms with Crippen molar-refractivity contribution in [1.29, 1.82) is 0 Å². The summed E-state index contributed by atoms with van der Waals surface area (Å²) in [6.45, 7) is 11.1. The molecule has 2 heteroatoms. The molecule has 1 spiro atoms. The SMILES string of the molecule is Cc1ccc2c(c1)C(C)(C)c1ccccc1-2.Cc1ccc2c(c1)C1(c3ccccc3-c3ccccc31)c1ccc(-c3cccc4c3OC3CC=CC=C43)cc1-2.Cc1cccc(-c2cccc3c2oc2ccccc23)c1. The van der Waals surface area contributed by atoms with Gasteiger partial charge in [0.15, 0.2) is 0 Å². The molecule has 0 saturated heterocycles. The highest BCUT2D eigenvalue weighted by Crippen LogP contribution is 2.63. The van der Waals surface area contributed by atoms with Crippen molar-refractivity contribution in [2.24, 2.45) is 0 Å². The van der Waals surface area contributed by atoms with Crippen molar-refractivity contribution in [2.45, 2.75) is 58.0 Å². The van der Waals surface area contributed by atoms with Crippen LogP contribution in [0, 0.1) is 20.8 Å². The Labute approximate surface area is 440 Å². The highest BCUT2D eigenvalue weighted by Gasteiger charge is 2.51. The van der Waals surface area contributed by atoms with Crippen molar-refractivity contribution >= 4 is 27.5 Å². The maximum Gasteiger partial charge on any atom is 0.143 e. The van der Waals surface area contributed by atoms with E-state index in [2.05, 4.69) is 253 Å². The lowest BCUT2D eigenvalue weighted by Crippen LogP contribution is -2.25. The zero-order chi connectivity index (χ0) is 50.6. The molecule has 5 aliphatic rings. The third-order valence-corrected chi connectivity index (χ3v) is 16.7. The van der Waals surface area contributed by atoms with Crippen LogP contribution in [0.4, 0.5) is 0 Å². The van der Waals surface area contributed by atoms with Gasteiger partial charge in [0.1, 0.15) is 23.0 Å². The van der Waals surface area contributed by atoms with Gasteiger partial charge in [0.25, 0.3) is 0 Å². The van der Waals surface area contributed by atoms with Crippen LogP contribution in [0.2, 0.25) is 0 Å². The first-order valence-electron chi connectivity index (χ1n) is 26.5. The normalized spacial score (nSPS) is 15.7. The summed E-state index contributed by atoms with van der Waals surface area (Å²) in [5.41, 5.74) is 29.6. The number of rotatable bonds is 2. The molecule has 0 bridgehead atoms. The standard InChI is InChI=1S/C38H26O.C19H14O.C16H16/c1-23-17-19-28-31-22-24(25-12-8-13-30-29-11-4-7-16-36(29)39-37(25)30)18-20-34(31)38(35(28)21-23)32-14-5-2-9-26(32)27-10-3-6-15-33(27)38;1-13-6-4-7-14(12-13)15-9-5-10-17-16-8-2-3-11-18(16)20-19(15)17;1-11-8-9-13-12-6-4-5-7-14(12)16(2,3)15(13)10-11/h2-15,17-22,36H,16H2,1H3;2-12H,1H3;4-10H,1-3H3. The van der Waals surface area contributed by atoms with E-state index in [0.717, 1.165) is 28.9 Å². The minimum absolute atomic E-state index is 0.124. The summed E-state index contributed by atoms with van der Waals surface area (Å²) < 4.78 is 12.6. The summed E-state index contributed by atoms with van der Waals surface area (Å²) in [5.74, 6) is 1.02. The topological polar surface area (TPSA) is 22.4 Å². The van der Waals surface area contributed by atoms with Crippen molar-refractivity contribution in [3.05, 3.63) is 286 Å². The fourth-order valence-corrected chi connectivity index (χ4v) is 13.3. The van der Waals surface area contributed by atoms with Crippen LogP contribution >= 0.6 is 0 Å². The molecule has 360 valence electrons. The third-order valence-electron chi connectivity index (χ3n) is 16.7. The zero-order valence-corrected chi connectivity index (χ0v) is 43.0. The van der Waals surface area contributed by atoms with Crippen molar-refractivity contribution in [3.63, 3.8) is 0 Å². The fourth-order valence-electron chi connectivity index (χ4n) is 13.3. The maximum atomic E-state index is 6.57. The van der Waals surface area contributed by atoms with Crippen LogP contribution < -0.4 is 4.74 Å². The Morgan fingerprint density at radius 1 is 0.400 bits per heavy atom. The van der Waals surface area contributed by atoms with E-state index in [-0.39, 0.29) is 16.9 Å². The number of hydrogen-bond acceptors (Lipinski definition) is 2. The smallest absolute Gasteiger partial charge is 0.143 e. The molecule has 75 heavy (non-hydrogen) atoms. The van der Waals surface area contributed by atoms with Crippen LogP contribution in [0.15, 0.2) is 235 Å². The summed E-state index contributed by atoms with van der Waals surface area (Å²) >= 11 is 0. The van der Waals surface area contributed by atoms with Gasteiger partial charge in [-0.1, -0.05) is 249 Å². The Bertz CT molecular complexity index is 4160. The van der Waals surface area contributed by atoms with E-state index in [0.29, 0.717) is 0 Å². The highest BCUT2D eigenvalue weighted by atomic mass is 16.5. The summed E-state index contributed by atoms with van der Waals surface area (Å²) in [6.07, 6.45) is 7.62. The lowest BCUT2D eigenvalue weighted by Gasteiger charge is -2.30. The Balaban J connectivity index is 0.000000119. The molecule has 1 atom stereocenters. The first-order valence-corrected chi connectivity index (χ1v) is 26.5. The van der Waals surface area contributed by atoms with Crippen LogP contribution in [0.1, 0.15) is 75.9 Å². The fraction of sp³-hybridized carbons (Fsp3) is 0.123. The van der Waals surface area contributed by atoms with E-state index < -0.39 is 0 Å². The van der Waals surface area contributed by atoms with E-state index in [1.807, 2.05) is 12.1 Å². The first-order chi connectivity index (χ1) is 36.7. The lowest BCUT2D eigenvalue weighted by molar-refractivity contribution is 0.280. The lowest BCUT2D eigenvalue weighted by atomic mass is 9.70. The van der Waals surface area contributed by atoms with Gasteiger partial charge in [-0.15, -0.1) is 0 Å². The van der Waals surface area contributed by atoms with Crippen molar-refractivity contribution < 1.29 is 9.15 Å². The zero-order valence-electron chi connectivity index (χ0n) is 43.0. The summed E-state index contributed by atoms with van der Waals surface area (Å²) in [5, 5.41) is 2.36. The number of ether oxygens (including phenoxy) is 1. The van der Waals surface area contributed by atoms with E-state index in [9.17, 15) is 0 Å². The van der Waals surface area contributed by atoms with Gasteiger partial charge in [0.05, 0.1) is 5.41 Å². The van der Waals surface area contributed by atoms with Gasteiger partial charge in [-0.3, -0.25) is 0 Å². The molecule has 10 aromatic carbocycles. The third kappa shape index (κ3) is 6.85. The van der Waals surface area contributed by atoms with Gasteiger partial charge in [-0.05, 0) is 111 Å². The van der Waals surface area contributed by atoms with E-state index in [4.69, 9.17) is 9.15 Å². The van der Waals surface area contributed by atoms with Crippen LogP contribution in [0.5, 0.6) is 5.75 Å². The van der Waals surface area contributed by atoms with Gasteiger partial charge < -0.3 is 9.15 Å². The Morgan fingerprint density at radius 2 is 0.947 bits per heavy atom. The molecule has 16 rings (SSSR count). The number of fused-ring (bicyclic) bond motifs is 19. The molecule has 1 unspecified atom stereocenters. The molecule has 1 aromatic heterocycles. The molecule has 0 amide bonds. The van der Waals surface area contributed by atoms with Gasteiger partial charge in [-0.25, -0.2) is 0 Å². The van der Waals surface area contributed by atoms with Gasteiger partial charge in [0.2, 0.25) is 0 Å². The molecule has 2 heterocycles. The molecule has 4 aliphatic carbocycles. The molecule has 0 N–H and O–H groups in total. The summed E-state index contributed by atoms with van der Waals surface area (Å²) in [7, 11) is 0. The van der Waals surface area contributed by atoms with Crippen LogP contribution in [0.3, 0.4) is 0 Å². The molecule has 0 saturated carbocycles. The number of allylic oxidation sites excluding steroid dienone is 2. The van der Waals surface area contributed by atoms with E-state index >= 15 is 0 Å². The molecule has 0 fully saturated rings. The molecule has 2 nitrogen and oxygen atoms in total. The quantitative estimate of drug-likeness (QED) is 0.172. The molecule has 0 radical (unpaired) electrons. The second-order valence-electron chi connectivity index (χ2n) is 21.6. The largest absolute Gasteiger partial charge is 0.484 e. The second kappa shape index (κ2) is 17.2. The Kier molecular flexibility index (Phi) is 10.3. The van der Waals surface area contributed by atoms with Gasteiger partial charge in [-0.2, -0.15) is 0 Å². The number of benzene rings is 10. The Hall–Kier alpha value is -8.72. The average molecular weight is 965 g/mol. The minimum atomic E-state index is -0.303. The summed E-state index contributed by atoms with van der Waals surface area (Å²) in [6, 6.07) is 77.3.